The topological polar surface area (TPSA) is 117 Å². The van der Waals surface area contributed by atoms with Gasteiger partial charge in [0.05, 0.1) is 0 Å². The average molecular weight is 246 g/mol. The summed E-state index contributed by atoms with van der Waals surface area (Å²) in [6, 6.07) is -0.909. The van der Waals surface area contributed by atoms with Crippen LogP contribution in [0.25, 0.3) is 0 Å². The molecule has 0 unspecified atom stereocenters. The Morgan fingerprint density at radius 1 is 1.62 bits per heavy atom. The van der Waals surface area contributed by atoms with Gasteiger partial charge >= 0.3 is 5.97 Å². The summed E-state index contributed by atoms with van der Waals surface area (Å²) >= 11 is 4.50. The first kappa shape index (κ1) is 14.3. The lowest BCUT2D eigenvalue weighted by molar-refractivity contribution is -0.141. The van der Waals surface area contributed by atoms with Crippen LogP contribution in [0.3, 0.4) is 0 Å². The number of carbonyl (C=O) groups excluding carboxylic acids is 1. The highest BCUT2D eigenvalue weighted by Crippen LogP contribution is 1.95. The minimum absolute atomic E-state index is 0.0351. The largest absolute Gasteiger partial charge is 0.480 e. The van der Waals surface area contributed by atoms with Gasteiger partial charge in [-0.1, -0.05) is 0 Å². The van der Waals surface area contributed by atoms with Gasteiger partial charge in [0, 0.05) is 13.1 Å². The first-order valence-electron chi connectivity index (χ1n) is 4.50. The number of nitrogens with one attached hydrogen (secondary N) is 2. The number of aliphatic carboxylic acids is 1. The molecule has 0 aromatic carbocycles. The zero-order valence-corrected chi connectivity index (χ0v) is 9.58. The summed E-state index contributed by atoms with van der Waals surface area (Å²) in [5, 5.41) is 14.7. The van der Waals surface area contributed by atoms with Gasteiger partial charge in [0.15, 0.2) is 5.11 Å². The maximum absolute atomic E-state index is 10.7. The summed E-state index contributed by atoms with van der Waals surface area (Å²) in [5.41, 5.74) is 7.44. The van der Waals surface area contributed by atoms with Crippen molar-refractivity contribution in [2.75, 3.05) is 0 Å². The van der Waals surface area contributed by atoms with E-state index in [1.165, 1.54) is 13.1 Å². The van der Waals surface area contributed by atoms with E-state index < -0.39 is 12.0 Å². The molecule has 0 saturated heterocycles. The molecule has 0 fully saturated rings. The van der Waals surface area contributed by atoms with Crippen LogP contribution >= 0.6 is 12.2 Å². The number of carboxylic acid groups (broad SMARTS) is 1. The fourth-order valence-corrected chi connectivity index (χ4v) is 0.970. The van der Waals surface area contributed by atoms with Crippen molar-refractivity contribution in [3.8, 4) is 0 Å². The molecule has 0 saturated carbocycles. The third-order valence-electron chi connectivity index (χ3n) is 1.53. The third kappa shape index (κ3) is 7.68. The van der Waals surface area contributed by atoms with Gasteiger partial charge in [-0.3, -0.25) is 10.2 Å². The van der Waals surface area contributed by atoms with Gasteiger partial charge in [0.1, 0.15) is 6.04 Å². The SMILES string of the molecule is CC(=O)N[C@@H](CC/C=N\NC(N)=S)C(=O)O. The van der Waals surface area contributed by atoms with E-state index in [9.17, 15) is 9.59 Å². The molecule has 7 nitrogen and oxygen atoms in total. The number of amides is 1. The molecule has 16 heavy (non-hydrogen) atoms. The molecule has 0 rings (SSSR count). The van der Waals surface area contributed by atoms with Gasteiger partial charge in [-0.25, -0.2) is 4.79 Å². The summed E-state index contributed by atoms with van der Waals surface area (Å²) in [7, 11) is 0. The lowest BCUT2D eigenvalue weighted by Gasteiger charge is -2.11. The number of nitrogens with two attached hydrogens (primary N) is 1. The van der Waals surface area contributed by atoms with Crippen molar-refractivity contribution >= 4 is 35.4 Å². The number of carbonyl (C=O) groups is 2. The van der Waals surface area contributed by atoms with Gasteiger partial charge in [-0.15, -0.1) is 0 Å². The summed E-state index contributed by atoms with van der Waals surface area (Å²) < 4.78 is 0. The van der Waals surface area contributed by atoms with E-state index in [0.717, 1.165) is 0 Å². The van der Waals surface area contributed by atoms with Gasteiger partial charge in [-0.2, -0.15) is 5.10 Å². The third-order valence-corrected chi connectivity index (χ3v) is 1.62. The number of carboxylic acids is 1. The molecule has 0 heterocycles. The summed E-state index contributed by atoms with van der Waals surface area (Å²) in [5.74, 6) is -1.46. The second-order valence-corrected chi connectivity index (χ2v) is 3.40. The van der Waals surface area contributed by atoms with Crippen molar-refractivity contribution in [1.82, 2.24) is 10.7 Å². The van der Waals surface area contributed by atoms with Crippen LogP contribution in [0, 0.1) is 0 Å². The van der Waals surface area contributed by atoms with Crippen LogP contribution in [-0.4, -0.2) is 34.4 Å². The Morgan fingerprint density at radius 2 is 2.25 bits per heavy atom. The minimum atomic E-state index is -1.08. The molecule has 5 N–H and O–H groups in total. The van der Waals surface area contributed by atoms with Crippen LogP contribution in [-0.2, 0) is 9.59 Å². The monoisotopic (exact) mass is 246 g/mol. The fraction of sp³-hybridized carbons (Fsp3) is 0.500. The predicted molar refractivity (Wildman–Crippen MR) is 62.9 cm³/mol. The zero-order chi connectivity index (χ0) is 12.6. The second kappa shape index (κ2) is 7.57. The number of thiocarbonyl (C=S) groups is 1. The van der Waals surface area contributed by atoms with Crippen LogP contribution in [0.1, 0.15) is 19.8 Å². The van der Waals surface area contributed by atoms with Crippen LogP contribution in [0.2, 0.25) is 0 Å². The highest BCUT2D eigenvalue weighted by molar-refractivity contribution is 7.80. The van der Waals surface area contributed by atoms with E-state index in [1.807, 2.05) is 0 Å². The molecule has 0 aromatic rings. The number of hydrogen-bond donors (Lipinski definition) is 4. The molecule has 0 aliphatic rings. The maximum atomic E-state index is 10.7. The first-order chi connectivity index (χ1) is 7.43. The van der Waals surface area contributed by atoms with Gasteiger partial charge in [0.2, 0.25) is 5.91 Å². The molecule has 0 spiro atoms. The second-order valence-electron chi connectivity index (χ2n) is 2.96. The van der Waals surface area contributed by atoms with Gasteiger partial charge in [-0.05, 0) is 25.1 Å². The van der Waals surface area contributed by atoms with Crippen LogP contribution in [0.5, 0.6) is 0 Å². The molecular weight excluding hydrogens is 232 g/mol. The maximum Gasteiger partial charge on any atom is 0.326 e. The molecule has 0 aliphatic carbocycles. The minimum Gasteiger partial charge on any atom is -0.480 e. The molecule has 0 radical (unpaired) electrons. The van der Waals surface area contributed by atoms with Gasteiger partial charge < -0.3 is 16.2 Å². The van der Waals surface area contributed by atoms with Crippen molar-refractivity contribution in [3.63, 3.8) is 0 Å². The molecule has 1 amide bonds. The van der Waals surface area contributed by atoms with Crippen LogP contribution in [0.15, 0.2) is 5.10 Å². The van der Waals surface area contributed by atoms with Gasteiger partial charge in [0.25, 0.3) is 0 Å². The Labute approximate surface area is 98.1 Å². The quantitative estimate of drug-likeness (QED) is 0.276. The lowest BCUT2D eigenvalue weighted by atomic mass is 10.1. The van der Waals surface area contributed by atoms with Crippen molar-refractivity contribution in [1.29, 1.82) is 0 Å². The number of rotatable bonds is 6. The van der Waals surface area contributed by atoms with E-state index >= 15 is 0 Å². The highest BCUT2D eigenvalue weighted by Gasteiger charge is 2.16. The Kier molecular flexibility index (Phi) is 6.77. The molecule has 90 valence electrons. The van der Waals surface area contributed by atoms with E-state index in [-0.39, 0.29) is 17.4 Å². The summed E-state index contributed by atoms with van der Waals surface area (Å²) in [6.45, 7) is 1.26. The summed E-state index contributed by atoms with van der Waals surface area (Å²) in [4.78, 5) is 21.4. The Bertz CT molecular complexity index is 306. The molecule has 0 aliphatic heterocycles. The normalized spacial score (nSPS) is 12.1. The number of nitrogens with zero attached hydrogens (tertiary/aromatic N) is 1. The Hall–Kier alpha value is -1.70. The first-order valence-corrected chi connectivity index (χ1v) is 4.91. The van der Waals surface area contributed by atoms with E-state index in [4.69, 9.17) is 10.8 Å². The van der Waals surface area contributed by atoms with Crippen molar-refractivity contribution in [2.45, 2.75) is 25.8 Å². The van der Waals surface area contributed by atoms with Crippen molar-refractivity contribution in [3.05, 3.63) is 0 Å². The molecule has 8 heteroatoms. The predicted octanol–water partition coefficient (Wildman–Crippen LogP) is -0.825. The van der Waals surface area contributed by atoms with Crippen LogP contribution < -0.4 is 16.5 Å². The highest BCUT2D eigenvalue weighted by atomic mass is 32.1. The summed E-state index contributed by atoms with van der Waals surface area (Å²) in [6.07, 6.45) is 2.07. The number of hydrazone groups is 1. The Morgan fingerprint density at radius 3 is 2.69 bits per heavy atom. The number of hydrogen-bond acceptors (Lipinski definition) is 4. The van der Waals surface area contributed by atoms with Crippen LogP contribution in [0.4, 0.5) is 0 Å². The smallest absolute Gasteiger partial charge is 0.326 e. The molecule has 0 bridgehead atoms. The molecule has 1 atom stereocenters. The van der Waals surface area contributed by atoms with E-state index in [2.05, 4.69) is 28.1 Å². The Balaban J connectivity index is 3.93. The average Bonchev–Trinajstić information content (AvgIpc) is 2.14. The molecular formula is C8H14N4O3S. The lowest BCUT2D eigenvalue weighted by Crippen LogP contribution is -2.39. The molecule has 0 aromatic heterocycles. The van der Waals surface area contributed by atoms with E-state index in [0.29, 0.717) is 6.42 Å². The van der Waals surface area contributed by atoms with Crippen molar-refractivity contribution in [2.24, 2.45) is 10.8 Å². The van der Waals surface area contributed by atoms with E-state index in [1.54, 1.807) is 0 Å². The van der Waals surface area contributed by atoms with Crippen molar-refractivity contribution < 1.29 is 14.7 Å². The fourth-order valence-electron chi connectivity index (χ4n) is 0.918. The standard InChI is InChI=1S/C8H14N4O3S/c1-5(13)11-6(7(14)15)3-2-4-10-12-8(9)16/h4,6H,2-3H2,1H3,(H,11,13)(H,14,15)(H3,9,12,16)/b10-4-/t6-/m0/s1. The zero-order valence-electron chi connectivity index (χ0n) is 8.77.